The van der Waals surface area contributed by atoms with Gasteiger partial charge in [-0.15, -0.1) is 5.10 Å². The Kier molecular flexibility index (Phi) is 6.27. The van der Waals surface area contributed by atoms with Crippen LogP contribution < -0.4 is 5.32 Å². The Bertz CT molecular complexity index is 858. The Hall–Kier alpha value is -3.06. The molecule has 0 fully saturated rings. The van der Waals surface area contributed by atoms with E-state index in [9.17, 15) is 9.59 Å². The van der Waals surface area contributed by atoms with Gasteiger partial charge in [-0.2, -0.15) is 0 Å². The monoisotopic (exact) mass is 381 g/mol. The maximum absolute atomic E-state index is 12.4. The van der Waals surface area contributed by atoms with E-state index in [1.165, 1.54) is 0 Å². The summed E-state index contributed by atoms with van der Waals surface area (Å²) < 4.78 is 8.90. The average Bonchev–Trinajstić information content (AvgIpc) is 3.20. The van der Waals surface area contributed by atoms with E-state index >= 15 is 0 Å². The van der Waals surface area contributed by atoms with Crippen molar-refractivity contribution in [1.82, 2.24) is 14.9 Å². The van der Waals surface area contributed by atoms with Gasteiger partial charge in [0.2, 0.25) is 0 Å². The molecule has 6 nitrogen and oxygen atoms in total. The van der Waals surface area contributed by atoms with Crippen LogP contribution in [0.2, 0.25) is 0 Å². The van der Waals surface area contributed by atoms with E-state index in [1.54, 1.807) is 0 Å². The second kappa shape index (κ2) is 9.05. The van der Waals surface area contributed by atoms with E-state index in [-0.39, 0.29) is 18.6 Å². The first kappa shape index (κ1) is 18.7. The number of aryl methyl sites for hydroxylation is 1. The highest BCUT2D eigenvalue weighted by molar-refractivity contribution is 7.07. The van der Waals surface area contributed by atoms with Crippen LogP contribution in [0.25, 0.3) is 0 Å². The summed E-state index contributed by atoms with van der Waals surface area (Å²) in [5.41, 5.74) is 2.48. The largest absolute Gasteiger partial charge is 0.451 e. The molecule has 0 saturated heterocycles. The molecule has 7 heteroatoms. The molecule has 0 aliphatic heterocycles. The van der Waals surface area contributed by atoms with Gasteiger partial charge in [0, 0.05) is 0 Å². The molecule has 0 radical (unpaired) electrons. The maximum Gasteiger partial charge on any atom is 0.352 e. The predicted molar refractivity (Wildman–Crippen MR) is 102 cm³/mol. The lowest BCUT2D eigenvalue weighted by Gasteiger charge is -2.19. The molecule has 0 atom stereocenters. The van der Waals surface area contributed by atoms with Crippen LogP contribution >= 0.6 is 11.5 Å². The van der Waals surface area contributed by atoms with Crippen molar-refractivity contribution >= 4 is 23.4 Å². The molecule has 0 aliphatic carbocycles. The van der Waals surface area contributed by atoms with E-state index < -0.39 is 5.97 Å². The van der Waals surface area contributed by atoms with Gasteiger partial charge in [-0.05, 0) is 29.1 Å². The van der Waals surface area contributed by atoms with Gasteiger partial charge < -0.3 is 10.1 Å². The van der Waals surface area contributed by atoms with Crippen molar-refractivity contribution in [3.8, 4) is 0 Å². The highest BCUT2D eigenvalue weighted by atomic mass is 32.1. The van der Waals surface area contributed by atoms with Crippen molar-refractivity contribution in [3.05, 3.63) is 82.4 Å². The minimum absolute atomic E-state index is 0.324. The number of carbonyl (C=O) groups is 2. The molecule has 3 aromatic rings. The van der Waals surface area contributed by atoms with Crippen LogP contribution in [0.4, 0.5) is 0 Å². The Labute approximate surface area is 161 Å². The number of nitrogens with zero attached hydrogens (tertiary/aromatic N) is 2. The van der Waals surface area contributed by atoms with Crippen molar-refractivity contribution in [2.75, 3.05) is 6.61 Å². The average molecular weight is 381 g/mol. The molecule has 1 heterocycles. The molecule has 0 saturated carbocycles. The van der Waals surface area contributed by atoms with Crippen LogP contribution in [0.3, 0.4) is 0 Å². The molecule has 2 aromatic carbocycles. The van der Waals surface area contributed by atoms with Crippen molar-refractivity contribution in [2.45, 2.75) is 19.4 Å². The number of nitrogens with one attached hydrogen (secondary N) is 1. The van der Waals surface area contributed by atoms with Gasteiger partial charge in [0.05, 0.1) is 11.7 Å². The number of hydrogen-bond donors (Lipinski definition) is 1. The van der Waals surface area contributed by atoms with E-state index in [0.717, 1.165) is 22.7 Å². The first-order valence-electron chi connectivity index (χ1n) is 8.56. The second-order valence-corrected chi connectivity index (χ2v) is 6.55. The van der Waals surface area contributed by atoms with Gasteiger partial charge in [-0.1, -0.05) is 72.1 Å². The summed E-state index contributed by atoms with van der Waals surface area (Å²) in [6.45, 7) is 1.51. The first-order chi connectivity index (χ1) is 13.2. The van der Waals surface area contributed by atoms with Gasteiger partial charge in [-0.25, -0.2) is 4.79 Å². The third kappa shape index (κ3) is 4.77. The second-order valence-electron chi connectivity index (χ2n) is 5.80. The predicted octanol–water partition coefficient (Wildman–Crippen LogP) is 3.16. The van der Waals surface area contributed by atoms with Gasteiger partial charge >= 0.3 is 5.97 Å². The van der Waals surface area contributed by atoms with Crippen molar-refractivity contribution < 1.29 is 14.3 Å². The molecule has 138 valence electrons. The van der Waals surface area contributed by atoms with Crippen molar-refractivity contribution in [3.63, 3.8) is 0 Å². The quantitative estimate of drug-likeness (QED) is 0.636. The number of aromatic nitrogens is 2. The van der Waals surface area contributed by atoms with Crippen molar-refractivity contribution in [2.24, 2.45) is 0 Å². The van der Waals surface area contributed by atoms with Crippen LogP contribution in [-0.2, 0) is 16.0 Å². The van der Waals surface area contributed by atoms with Crippen LogP contribution in [0.5, 0.6) is 0 Å². The number of ether oxygens (including phenoxy) is 1. The van der Waals surface area contributed by atoms with E-state index in [2.05, 4.69) is 14.9 Å². The Morgan fingerprint density at radius 1 is 1.04 bits per heavy atom. The van der Waals surface area contributed by atoms with Gasteiger partial charge in [0.1, 0.15) is 0 Å². The van der Waals surface area contributed by atoms with Crippen LogP contribution in [0.1, 0.15) is 39.5 Å². The third-order valence-corrected chi connectivity index (χ3v) is 4.73. The number of rotatable bonds is 7. The standard InChI is InChI=1S/C20H19N3O3S/c1-2-16-19(27-23-22-16)20(25)26-13-17(24)21-18(14-9-5-3-6-10-14)15-11-7-4-8-12-15/h3-12,18H,2,13H2,1H3,(H,21,24). The summed E-state index contributed by atoms with van der Waals surface area (Å²) in [4.78, 5) is 24.9. The zero-order valence-electron chi connectivity index (χ0n) is 14.8. The van der Waals surface area contributed by atoms with E-state index in [4.69, 9.17) is 4.74 Å². The zero-order valence-corrected chi connectivity index (χ0v) is 15.6. The summed E-state index contributed by atoms with van der Waals surface area (Å²) in [5, 5.41) is 6.81. The maximum atomic E-state index is 12.4. The smallest absolute Gasteiger partial charge is 0.352 e. The molecule has 0 unspecified atom stereocenters. The minimum atomic E-state index is -0.576. The number of esters is 1. The number of carbonyl (C=O) groups excluding carboxylic acids is 2. The molecule has 1 amide bonds. The molecule has 0 bridgehead atoms. The Morgan fingerprint density at radius 2 is 1.63 bits per heavy atom. The Balaban J connectivity index is 1.67. The lowest BCUT2D eigenvalue weighted by Crippen LogP contribution is -2.33. The van der Waals surface area contributed by atoms with Crippen molar-refractivity contribution in [1.29, 1.82) is 0 Å². The topological polar surface area (TPSA) is 81.2 Å². The van der Waals surface area contributed by atoms with Gasteiger partial charge in [0.25, 0.3) is 5.91 Å². The van der Waals surface area contributed by atoms with Crippen LogP contribution in [0, 0.1) is 0 Å². The molecule has 1 aromatic heterocycles. The van der Waals surface area contributed by atoms with Gasteiger partial charge in [-0.3, -0.25) is 4.79 Å². The van der Waals surface area contributed by atoms with Crippen LogP contribution in [-0.4, -0.2) is 28.1 Å². The lowest BCUT2D eigenvalue weighted by atomic mass is 9.99. The molecule has 27 heavy (non-hydrogen) atoms. The molecule has 3 rings (SSSR count). The Morgan fingerprint density at radius 3 is 2.19 bits per heavy atom. The summed E-state index contributed by atoms with van der Waals surface area (Å²) in [7, 11) is 0. The fourth-order valence-corrected chi connectivity index (χ4v) is 3.29. The summed E-state index contributed by atoms with van der Waals surface area (Å²) in [5.74, 6) is -0.954. The summed E-state index contributed by atoms with van der Waals surface area (Å²) in [6, 6.07) is 19.0. The fraction of sp³-hybridized carbons (Fsp3) is 0.200. The number of hydrogen-bond acceptors (Lipinski definition) is 6. The molecule has 1 N–H and O–H groups in total. The fourth-order valence-electron chi connectivity index (χ4n) is 2.64. The molecular weight excluding hydrogens is 362 g/mol. The highest BCUT2D eigenvalue weighted by Gasteiger charge is 2.20. The van der Waals surface area contributed by atoms with E-state index in [1.807, 2.05) is 67.6 Å². The van der Waals surface area contributed by atoms with Gasteiger partial charge in [0.15, 0.2) is 11.5 Å². The zero-order chi connectivity index (χ0) is 19.1. The first-order valence-corrected chi connectivity index (χ1v) is 9.34. The normalized spacial score (nSPS) is 10.6. The lowest BCUT2D eigenvalue weighted by molar-refractivity contribution is -0.124. The summed E-state index contributed by atoms with van der Waals surface area (Å²) >= 11 is 0.974. The molecule has 0 spiro atoms. The third-order valence-electron chi connectivity index (χ3n) is 3.98. The summed E-state index contributed by atoms with van der Waals surface area (Å²) in [6.07, 6.45) is 0.581. The van der Waals surface area contributed by atoms with E-state index in [0.29, 0.717) is 17.0 Å². The minimum Gasteiger partial charge on any atom is -0.451 e. The number of amides is 1. The molecular formula is C20H19N3O3S. The van der Waals surface area contributed by atoms with Crippen LogP contribution in [0.15, 0.2) is 60.7 Å². The SMILES string of the molecule is CCc1nnsc1C(=O)OCC(=O)NC(c1ccccc1)c1ccccc1. The number of benzene rings is 2. The molecule has 0 aliphatic rings. The highest BCUT2D eigenvalue weighted by Crippen LogP contribution is 2.21.